The highest BCUT2D eigenvalue weighted by atomic mass is 35.5. The molecule has 1 aliphatic rings. The van der Waals surface area contributed by atoms with Crippen LogP contribution in [0.3, 0.4) is 0 Å². The number of carbonyl (C=O) groups excluding carboxylic acids is 1. The molecular weight excluding hydrogens is 329 g/mol. The molecule has 130 valence electrons. The standard InChI is InChI=1S/C16H21F3N2O.ClH/c17-13-6-4-5-12(9-13)15(7-2-1-3-8-15)14(22)21-11-16(18,19)10-20;/h4-6,9H,1-3,7-8,10-11,20H2,(H,21,22);1H. The lowest BCUT2D eigenvalue weighted by atomic mass is 9.68. The van der Waals surface area contributed by atoms with Crippen molar-refractivity contribution in [2.45, 2.75) is 43.4 Å². The van der Waals surface area contributed by atoms with Crippen molar-refractivity contribution < 1.29 is 18.0 Å². The summed E-state index contributed by atoms with van der Waals surface area (Å²) < 4.78 is 40.1. The molecule has 23 heavy (non-hydrogen) atoms. The van der Waals surface area contributed by atoms with Crippen LogP contribution in [0.25, 0.3) is 0 Å². The SMILES string of the molecule is Cl.NCC(F)(F)CNC(=O)C1(c2cccc(F)c2)CCCCC1. The zero-order chi connectivity index (χ0) is 16.2. The van der Waals surface area contributed by atoms with E-state index in [0.29, 0.717) is 18.4 Å². The van der Waals surface area contributed by atoms with Crippen molar-refractivity contribution in [3.05, 3.63) is 35.6 Å². The molecule has 0 aliphatic heterocycles. The number of alkyl halides is 2. The number of nitrogens with one attached hydrogen (secondary N) is 1. The Kier molecular flexibility index (Phi) is 6.89. The third kappa shape index (κ3) is 4.61. The smallest absolute Gasteiger partial charge is 0.277 e. The second-order valence-corrected chi connectivity index (χ2v) is 5.90. The van der Waals surface area contributed by atoms with Crippen LogP contribution in [0.15, 0.2) is 24.3 Å². The summed E-state index contributed by atoms with van der Waals surface area (Å²) in [6.07, 6.45) is 3.70. The van der Waals surface area contributed by atoms with Crippen molar-refractivity contribution >= 4 is 18.3 Å². The van der Waals surface area contributed by atoms with Gasteiger partial charge < -0.3 is 11.1 Å². The van der Waals surface area contributed by atoms with E-state index < -0.39 is 36.2 Å². The number of hydrogen-bond donors (Lipinski definition) is 2. The Bertz CT molecular complexity index is 534. The highest BCUT2D eigenvalue weighted by molar-refractivity contribution is 5.88. The first-order valence-corrected chi connectivity index (χ1v) is 7.52. The van der Waals surface area contributed by atoms with Gasteiger partial charge in [-0.25, -0.2) is 13.2 Å². The Balaban J connectivity index is 0.00000264. The summed E-state index contributed by atoms with van der Waals surface area (Å²) in [7, 11) is 0. The first-order valence-electron chi connectivity index (χ1n) is 7.52. The summed E-state index contributed by atoms with van der Waals surface area (Å²) in [6.45, 7) is -1.61. The summed E-state index contributed by atoms with van der Waals surface area (Å²) in [5.74, 6) is -4.03. The molecule has 0 atom stereocenters. The number of rotatable bonds is 5. The van der Waals surface area contributed by atoms with Crippen molar-refractivity contribution in [1.29, 1.82) is 0 Å². The van der Waals surface area contributed by atoms with Crippen molar-refractivity contribution in [1.82, 2.24) is 5.32 Å². The average molecular weight is 351 g/mol. The van der Waals surface area contributed by atoms with Crippen LogP contribution >= 0.6 is 12.4 Å². The van der Waals surface area contributed by atoms with Crippen molar-refractivity contribution in [3.8, 4) is 0 Å². The van der Waals surface area contributed by atoms with E-state index in [2.05, 4.69) is 5.32 Å². The average Bonchev–Trinajstić information content (AvgIpc) is 2.53. The van der Waals surface area contributed by atoms with Crippen LogP contribution in [-0.4, -0.2) is 24.9 Å². The Morgan fingerprint density at radius 3 is 2.48 bits per heavy atom. The molecule has 0 radical (unpaired) electrons. The summed E-state index contributed by atoms with van der Waals surface area (Å²) in [6, 6.07) is 5.87. The van der Waals surface area contributed by atoms with E-state index in [9.17, 15) is 18.0 Å². The molecule has 7 heteroatoms. The number of nitrogens with two attached hydrogens (primary N) is 1. The van der Waals surface area contributed by atoms with E-state index in [1.165, 1.54) is 12.1 Å². The molecule has 1 aromatic rings. The summed E-state index contributed by atoms with van der Waals surface area (Å²) >= 11 is 0. The van der Waals surface area contributed by atoms with Crippen molar-refractivity contribution in [2.75, 3.05) is 13.1 Å². The molecule has 1 aliphatic carbocycles. The van der Waals surface area contributed by atoms with Gasteiger partial charge in [0, 0.05) is 0 Å². The lowest BCUT2D eigenvalue weighted by Gasteiger charge is -2.36. The van der Waals surface area contributed by atoms with Crippen molar-refractivity contribution in [3.63, 3.8) is 0 Å². The van der Waals surface area contributed by atoms with E-state index in [-0.39, 0.29) is 12.4 Å². The lowest BCUT2D eigenvalue weighted by Crippen LogP contribution is -2.50. The Morgan fingerprint density at radius 2 is 1.91 bits per heavy atom. The monoisotopic (exact) mass is 350 g/mol. The third-order valence-electron chi connectivity index (χ3n) is 4.33. The van der Waals surface area contributed by atoms with Gasteiger partial charge in [0.25, 0.3) is 5.92 Å². The second kappa shape index (κ2) is 8.02. The molecule has 0 aromatic heterocycles. The minimum Gasteiger partial charge on any atom is -0.349 e. The van der Waals surface area contributed by atoms with Gasteiger partial charge in [-0.3, -0.25) is 4.79 Å². The van der Waals surface area contributed by atoms with Gasteiger partial charge in [-0.05, 0) is 30.5 Å². The zero-order valence-corrected chi connectivity index (χ0v) is 13.6. The molecule has 3 N–H and O–H groups in total. The molecule has 0 heterocycles. The zero-order valence-electron chi connectivity index (χ0n) is 12.8. The highest BCUT2D eigenvalue weighted by Gasteiger charge is 2.42. The van der Waals surface area contributed by atoms with E-state index in [4.69, 9.17) is 5.73 Å². The Labute approximate surface area is 140 Å². The molecule has 0 unspecified atom stereocenters. The van der Waals surface area contributed by atoms with Crippen LogP contribution in [0.2, 0.25) is 0 Å². The maximum absolute atomic E-state index is 13.5. The summed E-state index contributed by atoms with van der Waals surface area (Å²) in [5, 5.41) is 2.31. The molecule has 1 fully saturated rings. The number of carbonyl (C=O) groups is 1. The molecular formula is C16H22ClF3N2O. The fourth-order valence-electron chi connectivity index (χ4n) is 3.04. The lowest BCUT2D eigenvalue weighted by molar-refractivity contribution is -0.129. The quantitative estimate of drug-likeness (QED) is 0.857. The molecule has 3 nitrogen and oxygen atoms in total. The predicted octanol–water partition coefficient (Wildman–Crippen LogP) is 3.16. The molecule has 1 amide bonds. The van der Waals surface area contributed by atoms with Gasteiger partial charge in [0.2, 0.25) is 5.91 Å². The maximum Gasteiger partial charge on any atom is 0.277 e. The summed E-state index contributed by atoms with van der Waals surface area (Å²) in [5.41, 5.74) is 4.61. The van der Waals surface area contributed by atoms with Crippen molar-refractivity contribution in [2.24, 2.45) is 5.73 Å². The molecule has 2 rings (SSSR count). The van der Waals surface area contributed by atoms with Crippen LogP contribution < -0.4 is 11.1 Å². The molecule has 0 bridgehead atoms. The van der Waals surface area contributed by atoms with Crippen LogP contribution in [0.5, 0.6) is 0 Å². The number of halogens is 4. The minimum absolute atomic E-state index is 0. The van der Waals surface area contributed by atoms with Gasteiger partial charge in [-0.2, -0.15) is 0 Å². The maximum atomic E-state index is 13.5. The van der Waals surface area contributed by atoms with Gasteiger partial charge in [0.05, 0.1) is 18.5 Å². The first-order chi connectivity index (χ1) is 10.4. The second-order valence-electron chi connectivity index (χ2n) is 5.90. The van der Waals surface area contributed by atoms with E-state index in [0.717, 1.165) is 19.3 Å². The topological polar surface area (TPSA) is 55.1 Å². The molecule has 1 saturated carbocycles. The fourth-order valence-corrected chi connectivity index (χ4v) is 3.04. The number of amides is 1. The van der Waals surface area contributed by atoms with E-state index in [1.807, 2.05) is 0 Å². The highest BCUT2D eigenvalue weighted by Crippen LogP contribution is 2.40. The molecule has 0 spiro atoms. The summed E-state index contributed by atoms with van der Waals surface area (Å²) in [4.78, 5) is 12.6. The number of hydrogen-bond acceptors (Lipinski definition) is 2. The largest absolute Gasteiger partial charge is 0.349 e. The first kappa shape index (κ1) is 19.8. The molecule has 0 saturated heterocycles. The number of benzene rings is 1. The minimum atomic E-state index is -3.13. The van der Waals surface area contributed by atoms with Gasteiger partial charge >= 0.3 is 0 Å². The fraction of sp³-hybridized carbons (Fsp3) is 0.562. The van der Waals surface area contributed by atoms with Crippen LogP contribution in [0, 0.1) is 5.82 Å². The normalized spacial score (nSPS) is 17.2. The van der Waals surface area contributed by atoms with Crippen LogP contribution in [0.4, 0.5) is 13.2 Å². The molecule has 1 aromatic carbocycles. The van der Waals surface area contributed by atoms with Crippen LogP contribution in [-0.2, 0) is 10.2 Å². The van der Waals surface area contributed by atoms with Gasteiger partial charge in [-0.1, -0.05) is 31.4 Å². The third-order valence-corrected chi connectivity index (χ3v) is 4.33. The Hall–Kier alpha value is -1.27. The van der Waals surface area contributed by atoms with Crippen LogP contribution in [0.1, 0.15) is 37.7 Å². The van der Waals surface area contributed by atoms with Gasteiger partial charge in [0.15, 0.2) is 0 Å². The van der Waals surface area contributed by atoms with Gasteiger partial charge in [-0.15, -0.1) is 12.4 Å². The van der Waals surface area contributed by atoms with E-state index in [1.54, 1.807) is 12.1 Å². The Morgan fingerprint density at radius 1 is 1.26 bits per heavy atom. The van der Waals surface area contributed by atoms with E-state index >= 15 is 0 Å². The van der Waals surface area contributed by atoms with Gasteiger partial charge in [0.1, 0.15) is 5.82 Å². The predicted molar refractivity (Wildman–Crippen MR) is 85.4 cm³/mol.